The van der Waals surface area contributed by atoms with Crippen molar-refractivity contribution < 1.29 is 34.4 Å². The number of aliphatic hydroxyl groups is 1. The van der Waals surface area contributed by atoms with E-state index in [2.05, 4.69) is 0 Å². The lowest BCUT2D eigenvalue weighted by Gasteiger charge is -2.26. The normalized spacial score (nSPS) is 16.3. The largest absolute Gasteiger partial charge is 0.480 e. The van der Waals surface area contributed by atoms with Crippen molar-refractivity contribution in [2.45, 2.75) is 18.4 Å². The van der Waals surface area contributed by atoms with Crippen LogP contribution in [0, 0.1) is 0 Å². The van der Waals surface area contributed by atoms with Crippen LogP contribution in [0.5, 0.6) is 0 Å². The van der Waals surface area contributed by atoms with Gasteiger partial charge in [0.05, 0.1) is 19.7 Å². The number of hydrogen-bond donors (Lipinski definition) is 3. The number of carbonyl (C=O) groups is 3. The molecule has 0 aromatic rings. The average Bonchev–Trinajstić information content (AvgIpc) is 3.04. The van der Waals surface area contributed by atoms with Crippen LogP contribution in [0.15, 0.2) is 0 Å². The summed E-state index contributed by atoms with van der Waals surface area (Å²) >= 11 is 0. The average molecular weight is 261 g/mol. The molecule has 18 heavy (non-hydrogen) atoms. The summed E-state index contributed by atoms with van der Waals surface area (Å²) in [6.45, 7) is -1.60. The number of nitrogens with zero attached hydrogens (tertiary/aromatic N) is 1. The van der Waals surface area contributed by atoms with E-state index in [0.29, 0.717) is 12.8 Å². The summed E-state index contributed by atoms with van der Waals surface area (Å²) in [6.07, 6.45) is 0.718. The molecule has 8 heteroatoms. The Labute approximate surface area is 103 Å². The van der Waals surface area contributed by atoms with E-state index in [1.807, 2.05) is 0 Å². The second-order valence-corrected chi connectivity index (χ2v) is 4.03. The Bertz CT molecular complexity index is 334. The molecule has 8 nitrogen and oxygen atoms in total. The molecule has 0 spiro atoms. The standard InChI is InChI=1S/C10H15NO7/c12-3-4-18-9(17)10(1-2-10)11(5-7(13)14)6-8(15)16/h12H,1-6H2,(H,13,14)(H,15,16). The Morgan fingerprint density at radius 1 is 1.11 bits per heavy atom. The van der Waals surface area contributed by atoms with Gasteiger partial charge in [0.2, 0.25) is 0 Å². The van der Waals surface area contributed by atoms with Gasteiger partial charge in [0, 0.05) is 0 Å². The van der Waals surface area contributed by atoms with Crippen LogP contribution in [0.4, 0.5) is 0 Å². The predicted molar refractivity (Wildman–Crippen MR) is 56.9 cm³/mol. The van der Waals surface area contributed by atoms with Crippen LogP contribution in [0.25, 0.3) is 0 Å². The lowest BCUT2D eigenvalue weighted by molar-refractivity contribution is -0.156. The molecule has 1 saturated carbocycles. The molecule has 102 valence electrons. The fraction of sp³-hybridized carbons (Fsp3) is 0.700. The first-order chi connectivity index (χ1) is 8.42. The van der Waals surface area contributed by atoms with Crippen LogP contribution in [0.1, 0.15) is 12.8 Å². The van der Waals surface area contributed by atoms with Gasteiger partial charge in [-0.05, 0) is 12.8 Å². The highest BCUT2D eigenvalue weighted by atomic mass is 16.5. The summed E-state index contributed by atoms with van der Waals surface area (Å²) in [4.78, 5) is 34.2. The molecule has 0 bridgehead atoms. The molecule has 0 saturated heterocycles. The quantitative estimate of drug-likeness (QED) is 0.452. The van der Waals surface area contributed by atoms with Crippen molar-refractivity contribution in [1.29, 1.82) is 0 Å². The van der Waals surface area contributed by atoms with E-state index in [1.165, 1.54) is 0 Å². The van der Waals surface area contributed by atoms with Crippen molar-refractivity contribution in [3.63, 3.8) is 0 Å². The first kappa shape index (κ1) is 14.4. The summed E-state index contributed by atoms with van der Waals surface area (Å²) in [5.41, 5.74) is -1.16. The highest BCUT2D eigenvalue weighted by molar-refractivity contribution is 5.86. The molecule has 0 heterocycles. The summed E-state index contributed by atoms with van der Waals surface area (Å²) in [6, 6.07) is 0. The Morgan fingerprint density at radius 3 is 1.94 bits per heavy atom. The number of esters is 1. The number of ether oxygens (including phenoxy) is 1. The van der Waals surface area contributed by atoms with Gasteiger partial charge in [0.25, 0.3) is 0 Å². The van der Waals surface area contributed by atoms with Crippen molar-refractivity contribution in [3.8, 4) is 0 Å². The summed E-state index contributed by atoms with van der Waals surface area (Å²) in [5.74, 6) is -3.10. The van der Waals surface area contributed by atoms with E-state index in [1.54, 1.807) is 0 Å². The van der Waals surface area contributed by atoms with E-state index in [0.717, 1.165) is 4.90 Å². The second-order valence-electron chi connectivity index (χ2n) is 4.03. The molecule has 0 aromatic carbocycles. The molecule has 0 atom stereocenters. The van der Waals surface area contributed by atoms with Gasteiger partial charge in [-0.3, -0.25) is 19.3 Å². The van der Waals surface area contributed by atoms with Crippen LogP contribution in [0.2, 0.25) is 0 Å². The lowest BCUT2D eigenvalue weighted by Crippen LogP contribution is -2.49. The van der Waals surface area contributed by atoms with Crippen LogP contribution in [-0.4, -0.2) is 70.0 Å². The monoisotopic (exact) mass is 261 g/mol. The number of carboxylic acids is 2. The molecule has 1 aliphatic rings. The van der Waals surface area contributed by atoms with E-state index in [4.69, 9.17) is 20.1 Å². The summed E-state index contributed by atoms with van der Waals surface area (Å²) in [5, 5.41) is 26.0. The van der Waals surface area contributed by atoms with Gasteiger partial charge in [-0.1, -0.05) is 0 Å². The third-order valence-corrected chi connectivity index (χ3v) is 2.69. The van der Waals surface area contributed by atoms with Crippen LogP contribution >= 0.6 is 0 Å². The van der Waals surface area contributed by atoms with Crippen molar-refractivity contribution in [1.82, 2.24) is 4.90 Å². The van der Waals surface area contributed by atoms with E-state index in [-0.39, 0.29) is 13.2 Å². The number of carbonyl (C=O) groups excluding carboxylic acids is 1. The SMILES string of the molecule is O=C(O)CN(CC(=O)O)C1(C(=O)OCCO)CC1. The van der Waals surface area contributed by atoms with E-state index < -0.39 is 36.5 Å². The molecule has 0 amide bonds. The van der Waals surface area contributed by atoms with Crippen LogP contribution < -0.4 is 0 Å². The van der Waals surface area contributed by atoms with Crippen LogP contribution in [0.3, 0.4) is 0 Å². The van der Waals surface area contributed by atoms with Crippen molar-refractivity contribution in [3.05, 3.63) is 0 Å². The number of aliphatic carboxylic acids is 2. The summed E-state index contributed by atoms with van der Waals surface area (Å²) < 4.78 is 4.75. The van der Waals surface area contributed by atoms with Gasteiger partial charge in [-0.2, -0.15) is 0 Å². The predicted octanol–water partition coefficient (Wildman–Crippen LogP) is -1.47. The molecule has 1 aliphatic carbocycles. The second kappa shape index (κ2) is 5.78. The highest BCUT2D eigenvalue weighted by Crippen LogP contribution is 2.42. The molecular weight excluding hydrogens is 246 g/mol. The van der Waals surface area contributed by atoms with Crippen molar-refractivity contribution in [2.24, 2.45) is 0 Å². The van der Waals surface area contributed by atoms with E-state index >= 15 is 0 Å². The van der Waals surface area contributed by atoms with Gasteiger partial charge in [0.15, 0.2) is 0 Å². The Hall–Kier alpha value is -1.67. The molecule has 1 fully saturated rings. The molecule has 1 rings (SSSR count). The Balaban J connectivity index is 2.73. The minimum absolute atomic E-state index is 0.186. The maximum Gasteiger partial charge on any atom is 0.326 e. The van der Waals surface area contributed by atoms with Gasteiger partial charge >= 0.3 is 17.9 Å². The van der Waals surface area contributed by atoms with Crippen molar-refractivity contribution in [2.75, 3.05) is 26.3 Å². The third kappa shape index (κ3) is 3.41. The minimum atomic E-state index is -1.21. The zero-order chi connectivity index (χ0) is 13.8. The molecular formula is C10H15NO7. The van der Waals surface area contributed by atoms with Crippen LogP contribution in [-0.2, 0) is 19.1 Å². The number of aliphatic hydroxyl groups excluding tert-OH is 1. The highest BCUT2D eigenvalue weighted by Gasteiger charge is 2.56. The number of carboxylic acid groups (broad SMARTS) is 2. The Kier molecular flexibility index (Phi) is 4.62. The van der Waals surface area contributed by atoms with Gasteiger partial charge in [-0.15, -0.1) is 0 Å². The zero-order valence-electron chi connectivity index (χ0n) is 9.66. The Morgan fingerprint density at radius 2 is 1.61 bits per heavy atom. The maximum atomic E-state index is 11.7. The molecule has 0 radical (unpaired) electrons. The fourth-order valence-corrected chi connectivity index (χ4v) is 1.73. The molecule has 3 N–H and O–H groups in total. The fourth-order valence-electron chi connectivity index (χ4n) is 1.73. The summed E-state index contributed by atoms with van der Waals surface area (Å²) in [7, 11) is 0. The number of rotatable bonds is 8. The molecule has 0 unspecified atom stereocenters. The molecule has 0 aliphatic heterocycles. The third-order valence-electron chi connectivity index (χ3n) is 2.69. The van der Waals surface area contributed by atoms with Gasteiger partial charge in [-0.25, -0.2) is 0 Å². The van der Waals surface area contributed by atoms with Gasteiger partial charge < -0.3 is 20.1 Å². The first-order valence-corrected chi connectivity index (χ1v) is 5.39. The maximum absolute atomic E-state index is 11.7. The smallest absolute Gasteiger partial charge is 0.326 e. The zero-order valence-corrected chi connectivity index (χ0v) is 9.66. The molecule has 0 aromatic heterocycles. The first-order valence-electron chi connectivity index (χ1n) is 5.39. The van der Waals surface area contributed by atoms with E-state index in [9.17, 15) is 14.4 Å². The topological polar surface area (TPSA) is 124 Å². The minimum Gasteiger partial charge on any atom is -0.480 e. The lowest BCUT2D eigenvalue weighted by atomic mass is 10.2. The number of hydrogen-bond acceptors (Lipinski definition) is 6. The van der Waals surface area contributed by atoms with Gasteiger partial charge in [0.1, 0.15) is 12.1 Å². The van der Waals surface area contributed by atoms with Crippen molar-refractivity contribution >= 4 is 17.9 Å².